The van der Waals surface area contributed by atoms with Crippen molar-refractivity contribution in [3.05, 3.63) is 46.6 Å². The molecule has 0 amide bonds. The van der Waals surface area contributed by atoms with Crippen LogP contribution in [0.5, 0.6) is 0 Å². The summed E-state index contributed by atoms with van der Waals surface area (Å²) in [5, 5.41) is 0. The van der Waals surface area contributed by atoms with E-state index in [2.05, 4.69) is 9.97 Å². The van der Waals surface area contributed by atoms with E-state index in [0.29, 0.717) is 17.1 Å². The Morgan fingerprint density at radius 2 is 1.93 bits per heavy atom. The maximum Gasteiger partial charge on any atom is 0.258 e. The first-order chi connectivity index (χ1) is 7.16. The molecule has 0 radical (unpaired) electrons. The van der Waals surface area contributed by atoms with Crippen molar-refractivity contribution in [1.82, 2.24) is 9.97 Å². The van der Waals surface area contributed by atoms with E-state index in [4.69, 9.17) is 5.73 Å². The predicted octanol–water partition coefficient (Wildman–Crippen LogP) is 1.33. The molecule has 1 heterocycles. The summed E-state index contributed by atoms with van der Waals surface area (Å²) in [6, 6.07) is 7.12. The molecule has 2 aromatic rings. The fourth-order valence-corrected chi connectivity index (χ4v) is 1.35. The van der Waals surface area contributed by atoms with Gasteiger partial charge in [0.15, 0.2) is 0 Å². The number of rotatable bonds is 1. The minimum atomic E-state index is -0.132. The standard InChI is InChI=1S/C11H11N3O/c1-7-13-6-10(11(15)14-7)8-2-4-9(12)5-3-8/h2-6H,12H2,1H3,(H,13,14,15). The molecule has 3 N–H and O–H groups in total. The van der Waals surface area contributed by atoms with Crippen LogP contribution in [-0.4, -0.2) is 9.97 Å². The minimum absolute atomic E-state index is 0.132. The van der Waals surface area contributed by atoms with Crippen LogP contribution in [0.25, 0.3) is 11.1 Å². The Morgan fingerprint density at radius 1 is 1.27 bits per heavy atom. The van der Waals surface area contributed by atoms with Crippen LogP contribution in [0, 0.1) is 6.92 Å². The Balaban J connectivity index is 2.55. The van der Waals surface area contributed by atoms with E-state index in [0.717, 1.165) is 5.56 Å². The summed E-state index contributed by atoms with van der Waals surface area (Å²) in [6.07, 6.45) is 1.57. The largest absolute Gasteiger partial charge is 0.399 e. The molecule has 4 nitrogen and oxygen atoms in total. The SMILES string of the molecule is Cc1ncc(-c2ccc(N)cc2)c(=O)[nH]1. The van der Waals surface area contributed by atoms with E-state index < -0.39 is 0 Å². The van der Waals surface area contributed by atoms with Crippen molar-refractivity contribution in [2.24, 2.45) is 0 Å². The van der Waals surface area contributed by atoms with Crippen molar-refractivity contribution in [3.8, 4) is 11.1 Å². The first-order valence-electron chi connectivity index (χ1n) is 4.58. The minimum Gasteiger partial charge on any atom is -0.399 e. The predicted molar refractivity (Wildman–Crippen MR) is 59.4 cm³/mol. The molecule has 15 heavy (non-hydrogen) atoms. The molecule has 0 spiro atoms. The topological polar surface area (TPSA) is 71.8 Å². The Labute approximate surface area is 86.8 Å². The average Bonchev–Trinajstić information content (AvgIpc) is 2.20. The lowest BCUT2D eigenvalue weighted by molar-refractivity contribution is 1.02. The molecule has 0 aliphatic rings. The molecule has 0 fully saturated rings. The molecular formula is C11H11N3O. The quantitative estimate of drug-likeness (QED) is 0.683. The molecule has 0 saturated heterocycles. The molecule has 1 aromatic heterocycles. The van der Waals surface area contributed by atoms with Crippen molar-refractivity contribution >= 4 is 5.69 Å². The fourth-order valence-electron chi connectivity index (χ4n) is 1.35. The lowest BCUT2D eigenvalue weighted by Gasteiger charge is -2.01. The fraction of sp³-hybridized carbons (Fsp3) is 0.0909. The van der Waals surface area contributed by atoms with Crippen molar-refractivity contribution < 1.29 is 0 Å². The molecule has 4 heteroatoms. The van der Waals surface area contributed by atoms with Crippen LogP contribution in [0.1, 0.15) is 5.82 Å². The van der Waals surface area contributed by atoms with E-state index in [-0.39, 0.29) is 5.56 Å². The maximum atomic E-state index is 11.6. The van der Waals surface area contributed by atoms with Gasteiger partial charge in [0.1, 0.15) is 5.82 Å². The zero-order valence-corrected chi connectivity index (χ0v) is 8.32. The summed E-state index contributed by atoms with van der Waals surface area (Å²) in [7, 11) is 0. The van der Waals surface area contributed by atoms with Crippen LogP contribution < -0.4 is 11.3 Å². The van der Waals surface area contributed by atoms with Crippen LogP contribution in [0.2, 0.25) is 0 Å². The van der Waals surface area contributed by atoms with Crippen molar-refractivity contribution in [2.75, 3.05) is 5.73 Å². The molecule has 0 aliphatic heterocycles. The van der Waals surface area contributed by atoms with Gasteiger partial charge in [-0.05, 0) is 24.6 Å². The second kappa shape index (κ2) is 3.57. The molecule has 0 unspecified atom stereocenters. The zero-order valence-electron chi connectivity index (χ0n) is 8.32. The number of aromatic amines is 1. The molecule has 0 aliphatic carbocycles. The van der Waals surface area contributed by atoms with Gasteiger partial charge in [-0.3, -0.25) is 4.79 Å². The highest BCUT2D eigenvalue weighted by atomic mass is 16.1. The van der Waals surface area contributed by atoms with E-state index >= 15 is 0 Å². The third-order valence-electron chi connectivity index (χ3n) is 2.15. The number of nitrogens with zero attached hydrogens (tertiary/aromatic N) is 1. The average molecular weight is 201 g/mol. The Bertz CT molecular complexity index is 528. The monoisotopic (exact) mass is 201 g/mol. The molecule has 76 valence electrons. The van der Waals surface area contributed by atoms with Gasteiger partial charge < -0.3 is 10.7 Å². The number of hydrogen-bond donors (Lipinski definition) is 2. The number of nitrogen functional groups attached to an aromatic ring is 1. The van der Waals surface area contributed by atoms with Gasteiger partial charge >= 0.3 is 0 Å². The van der Waals surface area contributed by atoms with Crippen molar-refractivity contribution in [2.45, 2.75) is 6.92 Å². The lowest BCUT2D eigenvalue weighted by atomic mass is 10.1. The van der Waals surface area contributed by atoms with Gasteiger partial charge in [-0.15, -0.1) is 0 Å². The van der Waals surface area contributed by atoms with Crippen molar-refractivity contribution in [3.63, 3.8) is 0 Å². The molecular weight excluding hydrogens is 190 g/mol. The molecule has 0 atom stereocenters. The summed E-state index contributed by atoms with van der Waals surface area (Å²) in [6.45, 7) is 1.74. The number of aromatic nitrogens is 2. The second-order valence-electron chi connectivity index (χ2n) is 3.33. The molecule has 2 rings (SSSR count). The number of nitrogens with two attached hydrogens (primary N) is 1. The highest BCUT2D eigenvalue weighted by Gasteiger charge is 2.03. The number of hydrogen-bond acceptors (Lipinski definition) is 3. The maximum absolute atomic E-state index is 11.6. The third kappa shape index (κ3) is 1.88. The highest BCUT2D eigenvalue weighted by molar-refractivity contribution is 5.63. The van der Waals surface area contributed by atoms with Gasteiger partial charge in [0.2, 0.25) is 0 Å². The summed E-state index contributed by atoms with van der Waals surface area (Å²) < 4.78 is 0. The molecule has 1 aromatic carbocycles. The number of nitrogens with one attached hydrogen (secondary N) is 1. The van der Waals surface area contributed by atoms with E-state index in [1.54, 1.807) is 37.4 Å². The number of benzene rings is 1. The molecule has 0 bridgehead atoms. The van der Waals surface area contributed by atoms with Gasteiger partial charge in [-0.2, -0.15) is 0 Å². The zero-order chi connectivity index (χ0) is 10.8. The number of H-pyrrole nitrogens is 1. The van der Waals surface area contributed by atoms with Gasteiger partial charge in [0.25, 0.3) is 5.56 Å². The van der Waals surface area contributed by atoms with Crippen LogP contribution in [0.4, 0.5) is 5.69 Å². The van der Waals surface area contributed by atoms with Crippen LogP contribution >= 0.6 is 0 Å². The smallest absolute Gasteiger partial charge is 0.258 e. The van der Waals surface area contributed by atoms with Crippen LogP contribution in [0.3, 0.4) is 0 Å². The number of aryl methyl sites for hydroxylation is 1. The number of anilines is 1. The Kier molecular flexibility index (Phi) is 2.25. The molecule has 0 saturated carbocycles. The lowest BCUT2D eigenvalue weighted by Crippen LogP contribution is -2.11. The normalized spacial score (nSPS) is 10.2. The first kappa shape index (κ1) is 9.45. The van der Waals surface area contributed by atoms with E-state index in [1.807, 2.05) is 0 Å². The summed E-state index contributed by atoms with van der Waals surface area (Å²) >= 11 is 0. The van der Waals surface area contributed by atoms with E-state index in [9.17, 15) is 4.79 Å². The van der Waals surface area contributed by atoms with Gasteiger partial charge in [0, 0.05) is 11.9 Å². The van der Waals surface area contributed by atoms with Gasteiger partial charge in [-0.1, -0.05) is 12.1 Å². The van der Waals surface area contributed by atoms with Crippen molar-refractivity contribution in [1.29, 1.82) is 0 Å². The van der Waals surface area contributed by atoms with Gasteiger partial charge in [-0.25, -0.2) is 4.98 Å². The summed E-state index contributed by atoms with van der Waals surface area (Å²) in [4.78, 5) is 18.3. The Morgan fingerprint density at radius 3 is 2.53 bits per heavy atom. The summed E-state index contributed by atoms with van der Waals surface area (Å²) in [5.74, 6) is 0.610. The van der Waals surface area contributed by atoms with E-state index in [1.165, 1.54) is 0 Å². The van der Waals surface area contributed by atoms with Gasteiger partial charge in [0.05, 0.1) is 5.56 Å². The third-order valence-corrected chi connectivity index (χ3v) is 2.15. The van der Waals surface area contributed by atoms with Crippen LogP contribution in [0.15, 0.2) is 35.3 Å². The highest BCUT2D eigenvalue weighted by Crippen LogP contribution is 2.15. The Hall–Kier alpha value is -2.10. The van der Waals surface area contributed by atoms with Crippen LogP contribution in [-0.2, 0) is 0 Å². The second-order valence-corrected chi connectivity index (χ2v) is 3.33. The first-order valence-corrected chi connectivity index (χ1v) is 4.58. The summed E-state index contributed by atoms with van der Waals surface area (Å²) in [5.41, 5.74) is 7.48.